The Morgan fingerprint density at radius 2 is 1.15 bits per heavy atom. The van der Waals surface area contributed by atoms with Crippen LogP contribution >= 0.6 is 0 Å². The van der Waals surface area contributed by atoms with E-state index in [0.717, 1.165) is 0 Å². The van der Waals surface area contributed by atoms with Gasteiger partial charge in [-0.25, -0.2) is 0 Å². The molecule has 0 bridgehead atoms. The van der Waals surface area contributed by atoms with Crippen LogP contribution in [0.15, 0.2) is 6.07 Å². The van der Waals surface area contributed by atoms with Gasteiger partial charge < -0.3 is 0 Å². The second-order valence-corrected chi connectivity index (χ2v) is 6.23. The van der Waals surface area contributed by atoms with E-state index in [1.807, 2.05) is 0 Å². The fourth-order valence-electron chi connectivity index (χ4n) is 3.03. The summed E-state index contributed by atoms with van der Waals surface area (Å²) >= 11 is 0. The Bertz CT molecular complexity index is 401. The quantitative estimate of drug-likeness (QED) is 0.493. The third kappa shape index (κ3) is 4.65. The van der Waals surface area contributed by atoms with E-state index >= 15 is 0 Å². The normalized spacial score (nSPS) is 11.1. The molecule has 0 amide bonds. The van der Waals surface area contributed by atoms with Crippen LogP contribution in [-0.2, 0) is 19.3 Å². The Labute approximate surface area is 127 Å². The predicted molar refractivity (Wildman–Crippen MR) is 91.8 cm³/mol. The minimum absolute atomic E-state index is 1.26. The lowest BCUT2D eigenvalue weighted by Crippen LogP contribution is -2.04. The van der Waals surface area contributed by atoms with Gasteiger partial charge in [-0.3, -0.25) is 0 Å². The van der Waals surface area contributed by atoms with E-state index in [1.165, 1.54) is 57.8 Å². The molecule has 1 rings (SSSR count). The maximum atomic E-state index is 2.54. The van der Waals surface area contributed by atoms with E-state index in [1.54, 1.807) is 27.8 Å². The van der Waals surface area contributed by atoms with Crippen LogP contribution in [0.1, 0.15) is 87.1 Å². The number of aryl methyl sites for hydroxylation is 2. The fourth-order valence-corrected chi connectivity index (χ4v) is 3.03. The summed E-state index contributed by atoms with van der Waals surface area (Å²) in [4.78, 5) is 0. The van der Waals surface area contributed by atoms with E-state index < -0.39 is 0 Å². The minimum atomic E-state index is 1.26. The summed E-state index contributed by atoms with van der Waals surface area (Å²) in [7, 11) is 0. The Balaban J connectivity index is 3.09. The molecule has 20 heavy (non-hydrogen) atoms. The number of unbranched alkanes of at least 4 members (excludes halogenated alkanes) is 3. The maximum Gasteiger partial charge on any atom is -0.0274 e. The monoisotopic (exact) mass is 274 g/mol. The molecule has 0 N–H and O–H groups in total. The van der Waals surface area contributed by atoms with Crippen LogP contribution in [0.2, 0.25) is 0 Å². The van der Waals surface area contributed by atoms with Gasteiger partial charge in [0.2, 0.25) is 0 Å². The van der Waals surface area contributed by atoms with Gasteiger partial charge in [-0.05, 0) is 80.2 Å². The van der Waals surface area contributed by atoms with Crippen LogP contribution in [-0.4, -0.2) is 0 Å². The molecule has 0 aromatic heterocycles. The highest BCUT2D eigenvalue weighted by Crippen LogP contribution is 2.26. The maximum absolute atomic E-state index is 2.54. The molecular weight excluding hydrogens is 240 g/mol. The van der Waals surface area contributed by atoms with Crippen LogP contribution in [0.4, 0.5) is 0 Å². The van der Waals surface area contributed by atoms with Crippen LogP contribution in [0, 0.1) is 13.8 Å². The zero-order valence-corrected chi connectivity index (χ0v) is 14.4. The van der Waals surface area contributed by atoms with Crippen molar-refractivity contribution in [2.75, 3.05) is 0 Å². The summed E-state index contributed by atoms with van der Waals surface area (Å²) in [5, 5.41) is 0. The van der Waals surface area contributed by atoms with Gasteiger partial charge in [-0.15, -0.1) is 0 Å². The van der Waals surface area contributed by atoms with Crippen LogP contribution < -0.4 is 0 Å². The van der Waals surface area contributed by atoms with Gasteiger partial charge in [0, 0.05) is 0 Å². The van der Waals surface area contributed by atoms with E-state index in [-0.39, 0.29) is 0 Å². The molecule has 0 fully saturated rings. The van der Waals surface area contributed by atoms with Gasteiger partial charge in [0.05, 0.1) is 0 Å². The highest BCUT2D eigenvalue weighted by molar-refractivity contribution is 5.45. The molecular formula is C20H34. The van der Waals surface area contributed by atoms with Crippen molar-refractivity contribution >= 4 is 0 Å². The average Bonchev–Trinajstić information content (AvgIpc) is 2.46. The molecule has 0 aliphatic carbocycles. The lowest BCUT2D eigenvalue weighted by Gasteiger charge is -2.19. The van der Waals surface area contributed by atoms with Crippen molar-refractivity contribution in [3.05, 3.63) is 33.9 Å². The molecule has 0 atom stereocenters. The van der Waals surface area contributed by atoms with Crippen molar-refractivity contribution < 1.29 is 0 Å². The van der Waals surface area contributed by atoms with Crippen LogP contribution in [0.25, 0.3) is 0 Å². The first-order valence-electron chi connectivity index (χ1n) is 8.76. The zero-order valence-electron chi connectivity index (χ0n) is 14.4. The van der Waals surface area contributed by atoms with E-state index in [2.05, 4.69) is 40.7 Å². The molecule has 0 heteroatoms. The number of benzene rings is 1. The minimum Gasteiger partial charge on any atom is -0.0654 e. The summed E-state index contributed by atoms with van der Waals surface area (Å²) < 4.78 is 0. The molecule has 0 saturated heterocycles. The van der Waals surface area contributed by atoms with Gasteiger partial charge in [0.25, 0.3) is 0 Å². The summed E-state index contributed by atoms with van der Waals surface area (Å²) in [6.45, 7) is 11.6. The smallest absolute Gasteiger partial charge is 0.0274 e. The zero-order chi connectivity index (χ0) is 15.0. The molecule has 114 valence electrons. The lowest BCUT2D eigenvalue weighted by molar-refractivity contribution is 0.745. The van der Waals surface area contributed by atoms with Crippen molar-refractivity contribution in [2.45, 2.75) is 92.4 Å². The molecule has 0 radical (unpaired) electrons. The van der Waals surface area contributed by atoms with E-state index in [4.69, 9.17) is 0 Å². The fraction of sp³-hybridized carbons (Fsp3) is 0.700. The van der Waals surface area contributed by atoms with Gasteiger partial charge in [-0.2, -0.15) is 0 Å². The van der Waals surface area contributed by atoms with Gasteiger partial charge in [0.1, 0.15) is 0 Å². The van der Waals surface area contributed by atoms with E-state index in [9.17, 15) is 0 Å². The van der Waals surface area contributed by atoms with Crippen LogP contribution in [0.3, 0.4) is 0 Å². The Morgan fingerprint density at radius 1 is 0.650 bits per heavy atom. The first-order valence-corrected chi connectivity index (χ1v) is 8.76. The molecule has 0 saturated carbocycles. The van der Waals surface area contributed by atoms with Gasteiger partial charge in [0.15, 0.2) is 0 Å². The highest BCUT2D eigenvalue weighted by Gasteiger charge is 2.12. The molecule has 0 heterocycles. The molecule has 0 aliphatic rings. The second-order valence-electron chi connectivity index (χ2n) is 6.23. The summed E-state index contributed by atoms with van der Waals surface area (Å²) in [6, 6.07) is 2.54. The predicted octanol–water partition coefficient (Wildman–Crippen LogP) is 6.33. The number of hydrogen-bond acceptors (Lipinski definition) is 0. The van der Waals surface area contributed by atoms with Gasteiger partial charge in [-0.1, -0.05) is 46.1 Å². The van der Waals surface area contributed by atoms with Crippen LogP contribution in [0.5, 0.6) is 0 Å². The third-order valence-corrected chi connectivity index (χ3v) is 4.61. The largest absolute Gasteiger partial charge is 0.0654 e. The highest BCUT2D eigenvalue weighted by atomic mass is 14.2. The molecule has 0 nitrogen and oxygen atoms in total. The summed E-state index contributed by atoms with van der Waals surface area (Å²) in [6.07, 6.45) is 11.7. The van der Waals surface area contributed by atoms with Crippen molar-refractivity contribution in [1.82, 2.24) is 0 Å². The SMILES string of the molecule is CCCCc1cc(CCCC)c(CCCC)c(C)c1C. The molecule has 1 aromatic carbocycles. The molecule has 0 spiro atoms. The first-order chi connectivity index (χ1) is 9.65. The van der Waals surface area contributed by atoms with E-state index in [0.29, 0.717) is 0 Å². The summed E-state index contributed by atoms with van der Waals surface area (Å²) in [5.41, 5.74) is 8.06. The van der Waals surface area contributed by atoms with Crippen molar-refractivity contribution in [1.29, 1.82) is 0 Å². The average molecular weight is 274 g/mol. The molecule has 1 aromatic rings. The number of rotatable bonds is 9. The topological polar surface area (TPSA) is 0 Å². The number of hydrogen-bond donors (Lipinski definition) is 0. The van der Waals surface area contributed by atoms with Crippen molar-refractivity contribution in [3.8, 4) is 0 Å². The Morgan fingerprint density at radius 3 is 1.70 bits per heavy atom. The second kappa shape index (κ2) is 9.21. The lowest BCUT2D eigenvalue weighted by atomic mass is 9.87. The molecule has 0 aliphatic heterocycles. The first kappa shape index (κ1) is 17.3. The summed E-state index contributed by atoms with van der Waals surface area (Å²) in [5.74, 6) is 0. The standard InChI is InChI=1S/C20H34/c1-6-9-12-18-15-19(13-10-7-2)20(14-11-8-3)17(5)16(18)4/h15H,6-14H2,1-5H3. The third-order valence-electron chi connectivity index (χ3n) is 4.61. The Kier molecular flexibility index (Phi) is 7.95. The Hall–Kier alpha value is -0.780. The van der Waals surface area contributed by atoms with Crippen molar-refractivity contribution in [3.63, 3.8) is 0 Å². The van der Waals surface area contributed by atoms with Crippen molar-refractivity contribution in [2.24, 2.45) is 0 Å². The van der Waals surface area contributed by atoms with Gasteiger partial charge >= 0.3 is 0 Å². The molecule has 0 unspecified atom stereocenters.